The lowest BCUT2D eigenvalue weighted by Gasteiger charge is -2.12. The molecule has 1 atom stereocenters. The van der Waals surface area contributed by atoms with Crippen LogP contribution in [0.1, 0.15) is 22.4 Å². The van der Waals surface area contributed by atoms with Crippen LogP contribution in [0.3, 0.4) is 0 Å². The van der Waals surface area contributed by atoms with E-state index in [9.17, 15) is 5.11 Å². The third kappa shape index (κ3) is 3.10. The van der Waals surface area contributed by atoms with Gasteiger partial charge in [0.2, 0.25) is 0 Å². The Hall–Kier alpha value is -0.910. The van der Waals surface area contributed by atoms with E-state index in [4.69, 9.17) is 4.74 Å². The molecule has 2 rings (SSSR count). The quantitative estimate of drug-likeness (QED) is 0.934. The average Bonchev–Trinajstić information content (AvgIpc) is 2.75. The summed E-state index contributed by atoms with van der Waals surface area (Å²) in [6.45, 7) is 1.95. The number of aryl methyl sites for hydroxylation is 1. The van der Waals surface area contributed by atoms with Crippen LogP contribution in [0.5, 0.6) is 5.75 Å². The molecule has 1 unspecified atom stereocenters. The van der Waals surface area contributed by atoms with Crippen LogP contribution < -0.4 is 4.74 Å². The minimum absolute atomic E-state index is 0.518. The van der Waals surface area contributed by atoms with Crippen molar-refractivity contribution in [2.24, 2.45) is 0 Å². The number of hydrogen-bond acceptors (Lipinski definition) is 4. The highest BCUT2D eigenvalue weighted by molar-refractivity contribution is 9.10. The van der Waals surface area contributed by atoms with Crippen LogP contribution in [0.15, 0.2) is 28.1 Å². The van der Waals surface area contributed by atoms with Crippen molar-refractivity contribution in [1.82, 2.24) is 4.98 Å². The van der Waals surface area contributed by atoms with E-state index in [1.165, 1.54) is 0 Å². The Kier molecular flexibility index (Phi) is 4.37. The van der Waals surface area contributed by atoms with Gasteiger partial charge in [0.25, 0.3) is 0 Å². The summed E-state index contributed by atoms with van der Waals surface area (Å²) in [5.41, 5.74) is 1.81. The van der Waals surface area contributed by atoms with Gasteiger partial charge in [0.1, 0.15) is 5.75 Å². The predicted octanol–water partition coefficient (Wildman–Crippen LogP) is 3.50. The predicted molar refractivity (Wildman–Crippen MR) is 76.2 cm³/mol. The van der Waals surface area contributed by atoms with Crippen molar-refractivity contribution >= 4 is 27.3 Å². The molecule has 0 amide bonds. The maximum Gasteiger partial charge on any atom is 0.119 e. The molecule has 0 radical (unpaired) electrons. The Morgan fingerprint density at radius 1 is 1.50 bits per heavy atom. The van der Waals surface area contributed by atoms with Crippen LogP contribution in [0, 0.1) is 6.92 Å². The summed E-state index contributed by atoms with van der Waals surface area (Å²) in [5, 5.41) is 13.2. The van der Waals surface area contributed by atoms with Crippen LogP contribution >= 0.6 is 27.3 Å². The van der Waals surface area contributed by atoms with E-state index in [-0.39, 0.29) is 0 Å². The molecule has 0 saturated heterocycles. The number of aromatic nitrogens is 1. The highest BCUT2D eigenvalue weighted by atomic mass is 79.9. The summed E-state index contributed by atoms with van der Waals surface area (Å²) in [6, 6.07) is 5.58. The van der Waals surface area contributed by atoms with Crippen molar-refractivity contribution in [3.8, 4) is 5.75 Å². The molecule has 2 aromatic rings. The summed E-state index contributed by atoms with van der Waals surface area (Å²) in [6.07, 6.45) is -0.0652. The van der Waals surface area contributed by atoms with Crippen LogP contribution in [0.25, 0.3) is 0 Å². The zero-order valence-corrected chi connectivity index (χ0v) is 12.6. The minimum Gasteiger partial charge on any atom is -0.497 e. The van der Waals surface area contributed by atoms with E-state index < -0.39 is 6.10 Å². The standard InChI is InChI=1S/C13H14BrNO2S/c1-8-7-18-13(15-8)6-12(16)10-5-9(17-2)3-4-11(10)14/h3-5,7,12,16H,6H2,1-2H3. The topological polar surface area (TPSA) is 42.4 Å². The molecule has 18 heavy (non-hydrogen) atoms. The number of benzene rings is 1. The SMILES string of the molecule is COc1ccc(Br)c(C(O)Cc2nc(C)cs2)c1. The fraction of sp³-hybridized carbons (Fsp3) is 0.308. The first-order valence-electron chi connectivity index (χ1n) is 5.52. The lowest BCUT2D eigenvalue weighted by molar-refractivity contribution is 0.177. The number of rotatable bonds is 4. The van der Waals surface area contributed by atoms with Crippen LogP contribution in [0.2, 0.25) is 0 Å². The van der Waals surface area contributed by atoms with E-state index in [1.54, 1.807) is 18.4 Å². The number of aliphatic hydroxyl groups is 1. The highest BCUT2D eigenvalue weighted by Gasteiger charge is 2.15. The molecule has 3 nitrogen and oxygen atoms in total. The molecule has 5 heteroatoms. The van der Waals surface area contributed by atoms with Gasteiger partial charge >= 0.3 is 0 Å². The maximum atomic E-state index is 10.3. The second-order valence-corrected chi connectivity index (χ2v) is 5.79. The summed E-state index contributed by atoms with van der Waals surface area (Å²) < 4.78 is 6.05. The number of halogens is 1. The van der Waals surface area contributed by atoms with Gasteiger partial charge in [-0.3, -0.25) is 0 Å². The fourth-order valence-electron chi connectivity index (χ4n) is 1.68. The molecule has 0 saturated carbocycles. The lowest BCUT2D eigenvalue weighted by Crippen LogP contribution is -2.03. The third-order valence-electron chi connectivity index (χ3n) is 2.60. The van der Waals surface area contributed by atoms with Crippen LogP contribution in [-0.4, -0.2) is 17.2 Å². The number of methoxy groups -OCH3 is 1. The Morgan fingerprint density at radius 3 is 2.89 bits per heavy atom. The monoisotopic (exact) mass is 327 g/mol. The fourth-order valence-corrected chi connectivity index (χ4v) is 3.00. The molecular formula is C13H14BrNO2S. The summed E-state index contributed by atoms with van der Waals surface area (Å²) in [7, 11) is 1.61. The molecule has 0 aliphatic heterocycles. The minimum atomic E-state index is -0.583. The van der Waals surface area contributed by atoms with E-state index in [2.05, 4.69) is 20.9 Å². The van der Waals surface area contributed by atoms with Crippen molar-refractivity contribution in [3.63, 3.8) is 0 Å². The van der Waals surface area contributed by atoms with Gasteiger partial charge in [0.05, 0.1) is 18.2 Å². The zero-order valence-electron chi connectivity index (χ0n) is 10.2. The van der Waals surface area contributed by atoms with Gasteiger partial charge in [-0.15, -0.1) is 11.3 Å². The summed E-state index contributed by atoms with van der Waals surface area (Å²) in [4.78, 5) is 4.36. The van der Waals surface area contributed by atoms with Crippen LogP contribution in [0.4, 0.5) is 0 Å². The summed E-state index contributed by atoms with van der Waals surface area (Å²) >= 11 is 5.02. The van der Waals surface area contributed by atoms with E-state index in [0.717, 1.165) is 26.5 Å². The van der Waals surface area contributed by atoms with Gasteiger partial charge in [0.15, 0.2) is 0 Å². The smallest absolute Gasteiger partial charge is 0.119 e. The first kappa shape index (κ1) is 13.5. The molecule has 0 spiro atoms. The Labute approximate surface area is 119 Å². The largest absolute Gasteiger partial charge is 0.497 e. The van der Waals surface area contributed by atoms with Crippen molar-refractivity contribution in [2.45, 2.75) is 19.4 Å². The molecule has 1 heterocycles. The van der Waals surface area contributed by atoms with Crippen molar-refractivity contribution in [2.75, 3.05) is 7.11 Å². The van der Waals surface area contributed by atoms with E-state index in [0.29, 0.717) is 6.42 Å². The van der Waals surface area contributed by atoms with Gasteiger partial charge in [-0.1, -0.05) is 15.9 Å². The van der Waals surface area contributed by atoms with E-state index >= 15 is 0 Å². The molecule has 1 aromatic carbocycles. The summed E-state index contributed by atoms with van der Waals surface area (Å²) in [5.74, 6) is 0.738. The number of hydrogen-bond donors (Lipinski definition) is 1. The van der Waals surface area contributed by atoms with Gasteiger partial charge in [-0.05, 0) is 30.7 Å². The normalized spacial score (nSPS) is 12.4. The highest BCUT2D eigenvalue weighted by Crippen LogP contribution is 2.30. The second-order valence-electron chi connectivity index (χ2n) is 3.99. The molecule has 0 fully saturated rings. The Morgan fingerprint density at radius 2 is 2.28 bits per heavy atom. The van der Waals surface area contributed by atoms with Crippen molar-refractivity contribution in [3.05, 3.63) is 44.3 Å². The molecule has 0 aliphatic rings. The number of aliphatic hydroxyl groups excluding tert-OH is 1. The zero-order chi connectivity index (χ0) is 13.1. The Balaban J connectivity index is 2.20. The molecule has 0 aliphatic carbocycles. The van der Waals surface area contributed by atoms with Crippen LogP contribution in [-0.2, 0) is 6.42 Å². The Bertz CT molecular complexity index is 542. The number of thiazole rings is 1. The van der Waals surface area contributed by atoms with Gasteiger partial charge < -0.3 is 9.84 Å². The van der Waals surface area contributed by atoms with E-state index in [1.807, 2.05) is 30.5 Å². The van der Waals surface area contributed by atoms with Gasteiger partial charge in [0, 0.05) is 22.0 Å². The lowest BCUT2D eigenvalue weighted by atomic mass is 10.1. The molecule has 0 bridgehead atoms. The van der Waals surface area contributed by atoms with Gasteiger partial charge in [-0.25, -0.2) is 4.98 Å². The number of nitrogens with zero attached hydrogens (tertiary/aromatic N) is 1. The molecular weight excluding hydrogens is 314 g/mol. The first-order chi connectivity index (χ1) is 8.60. The first-order valence-corrected chi connectivity index (χ1v) is 7.20. The third-order valence-corrected chi connectivity index (χ3v) is 4.31. The van der Waals surface area contributed by atoms with Crippen molar-refractivity contribution < 1.29 is 9.84 Å². The average molecular weight is 328 g/mol. The van der Waals surface area contributed by atoms with Crippen molar-refractivity contribution in [1.29, 1.82) is 0 Å². The maximum absolute atomic E-state index is 10.3. The molecule has 1 aromatic heterocycles. The van der Waals surface area contributed by atoms with Gasteiger partial charge in [-0.2, -0.15) is 0 Å². The second kappa shape index (κ2) is 5.82. The molecule has 1 N–H and O–H groups in total. The molecule has 96 valence electrons. The number of ether oxygens (including phenoxy) is 1.